The van der Waals surface area contributed by atoms with E-state index in [0.29, 0.717) is 22.0 Å². The Kier molecular flexibility index (Phi) is 2.83. The van der Waals surface area contributed by atoms with Crippen LogP contribution in [0.5, 0.6) is 0 Å². The highest BCUT2D eigenvalue weighted by Gasteiger charge is 2.10. The van der Waals surface area contributed by atoms with Crippen LogP contribution in [0.2, 0.25) is 5.15 Å². The van der Waals surface area contributed by atoms with Gasteiger partial charge in [0.15, 0.2) is 0 Å². The number of aromatic nitrogens is 2. The van der Waals surface area contributed by atoms with Gasteiger partial charge in [0.2, 0.25) is 5.91 Å². The maximum atomic E-state index is 11.2. The fourth-order valence-electron chi connectivity index (χ4n) is 1.37. The van der Waals surface area contributed by atoms with Gasteiger partial charge in [-0.05, 0) is 6.07 Å². The molecule has 4 nitrogen and oxygen atoms in total. The molecule has 0 spiro atoms. The van der Waals surface area contributed by atoms with Crippen molar-refractivity contribution in [1.29, 1.82) is 0 Å². The number of amides is 1. The molecule has 5 heteroatoms. The molecule has 0 radical (unpaired) electrons. The minimum atomic E-state index is -0.493. The first kappa shape index (κ1) is 10.6. The predicted octanol–water partition coefficient (Wildman–Crippen LogP) is 1.90. The minimum Gasteiger partial charge on any atom is -0.366 e. The summed E-state index contributed by atoms with van der Waals surface area (Å²) >= 11 is 5.64. The number of hydrogen-bond acceptors (Lipinski definition) is 3. The molecule has 2 rings (SSSR count). The van der Waals surface area contributed by atoms with Gasteiger partial charge in [0.1, 0.15) is 5.15 Å². The lowest BCUT2D eigenvalue weighted by Crippen LogP contribution is -2.12. The average molecular weight is 234 g/mol. The van der Waals surface area contributed by atoms with Gasteiger partial charge < -0.3 is 5.73 Å². The second-order valence-corrected chi connectivity index (χ2v) is 3.52. The van der Waals surface area contributed by atoms with Crippen LogP contribution in [-0.4, -0.2) is 15.9 Å². The number of primary amides is 1. The van der Waals surface area contributed by atoms with Crippen LogP contribution in [0, 0.1) is 0 Å². The van der Waals surface area contributed by atoms with E-state index in [9.17, 15) is 4.79 Å². The fourth-order valence-corrected chi connectivity index (χ4v) is 1.47. The molecule has 0 bridgehead atoms. The first-order valence-electron chi connectivity index (χ1n) is 4.55. The van der Waals surface area contributed by atoms with Crippen molar-refractivity contribution in [3.63, 3.8) is 0 Å². The van der Waals surface area contributed by atoms with Gasteiger partial charge >= 0.3 is 0 Å². The number of halogens is 1. The SMILES string of the molecule is NC(=O)c1ccccc1-c1cnc(Cl)cn1. The molecule has 0 aliphatic carbocycles. The van der Waals surface area contributed by atoms with Crippen LogP contribution in [-0.2, 0) is 0 Å². The van der Waals surface area contributed by atoms with Gasteiger partial charge in [0.25, 0.3) is 0 Å². The molecule has 0 saturated heterocycles. The summed E-state index contributed by atoms with van der Waals surface area (Å²) in [6.45, 7) is 0. The molecular formula is C11H8ClN3O. The second-order valence-electron chi connectivity index (χ2n) is 3.13. The molecular weight excluding hydrogens is 226 g/mol. The zero-order chi connectivity index (χ0) is 11.5. The molecule has 1 amide bonds. The third-order valence-electron chi connectivity index (χ3n) is 2.09. The summed E-state index contributed by atoms with van der Waals surface area (Å²) in [5.74, 6) is -0.493. The van der Waals surface area contributed by atoms with E-state index in [1.165, 1.54) is 12.4 Å². The van der Waals surface area contributed by atoms with Gasteiger partial charge in [0, 0.05) is 11.1 Å². The summed E-state index contributed by atoms with van der Waals surface area (Å²) in [7, 11) is 0. The van der Waals surface area contributed by atoms with Crippen molar-refractivity contribution in [1.82, 2.24) is 9.97 Å². The van der Waals surface area contributed by atoms with E-state index in [4.69, 9.17) is 17.3 Å². The Bertz CT molecular complexity index is 525. The minimum absolute atomic E-state index is 0.306. The van der Waals surface area contributed by atoms with E-state index < -0.39 is 5.91 Å². The van der Waals surface area contributed by atoms with Crippen molar-refractivity contribution in [2.75, 3.05) is 0 Å². The lowest BCUT2D eigenvalue weighted by atomic mass is 10.0. The largest absolute Gasteiger partial charge is 0.366 e. The summed E-state index contributed by atoms with van der Waals surface area (Å²) in [6.07, 6.45) is 2.93. The van der Waals surface area contributed by atoms with Gasteiger partial charge in [-0.2, -0.15) is 0 Å². The molecule has 1 aromatic carbocycles. The maximum absolute atomic E-state index is 11.2. The fraction of sp³-hybridized carbons (Fsp3) is 0. The summed E-state index contributed by atoms with van der Waals surface area (Å²) in [4.78, 5) is 19.2. The van der Waals surface area contributed by atoms with E-state index in [1.54, 1.807) is 24.3 Å². The molecule has 2 aromatic rings. The van der Waals surface area contributed by atoms with Crippen molar-refractivity contribution in [3.8, 4) is 11.3 Å². The van der Waals surface area contributed by atoms with E-state index in [-0.39, 0.29) is 0 Å². The van der Waals surface area contributed by atoms with E-state index >= 15 is 0 Å². The number of nitrogens with two attached hydrogens (primary N) is 1. The third-order valence-corrected chi connectivity index (χ3v) is 2.28. The summed E-state index contributed by atoms with van der Waals surface area (Å²) < 4.78 is 0. The molecule has 0 unspecified atom stereocenters. The number of carbonyl (C=O) groups is 1. The van der Waals surface area contributed by atoms with Crippen LogP contribution in [0.15, 0.2) is 36.7 Å². The Morgan fingerprint density at radius 1 is 1.19 bits per heavy atom. The molecule has 0 fully saturated rings. The quantitative estimate of drug-likeness (QED) is 0.861. The highest BCUT2D eigenvalue weighted by atomic mass is 35.5. The molecule has 0 aliphatic heterocycles. The lowest BCUT2D eigenvalue weighted by molar-refractivity contribution is 0.100. The lowest BCUT2D eigenvalue weighted by Gasteiger charge is -2.04. The van der Waals surface area contributed by atoms with Crippen LogP contribution in [0.3, 0.4) is 0 Å². The molecule has 1 aromatic heterocycles. The number of benzene rings is 1. The highest BCUT2D eigenvalue weighted by molar-refractivity contribution is 6.29. The molecule has 1 heterocycles. The smallest absolute Gasteiger partial charge is 0.249 e. The van der Waals surface area contributed by atoms with Crippen LogP contribution in [0.25, 0.3) is 11.3 Å². The number of carbonyl (C=O) groups excluding carboxylic acids is 1. The van der Waals surface area contributed by atoms with E-state index in [1.807, 2.05) is 0 Å². The molecule has 0 atom stereocenters. The van der Waals surface area contributed by atoms with Gasteiger partial charge in [-0.25, -0.2) is 4.98 Å². The topological polar surface area (TPSA) is 68.9 Å². The first-order valence-corrected chi connectivity index (χ1v) is 4.93. The third kappa shape index (κ3) is 2.01. The Balaban J connectivity index is 2.55. The molecule has 0 aliphatic rings. The maximum Gasteiger partial charge on any atom is 0.249 e. The van der Waals surface area contributed by atoms with Crippen LogP contribution >= 0.6 is 11.6 Å². The molecule has 2 N–H and O–H groups in total. The van der Waals surface area contributed by atoms with Crippen molar-refractivity contribution in [2.45, 2.75) is 0 Å². The Morgan fingerprint density at radius 3 is 2.56 bits per heavy atom. The Hall–Kier alpha value is -1.94. The summed E-state index contributed by atoms with van der Waals surface area (Å²) in [5, 5.41) is 0.306. The standard InChI is InChI=1S/C11H8ClN3O/c12-10-6-14-9(5-15-10)7-3-1-2-4-8(7)11(13)16/h1-6H,(H2,13,16). The van der Waals surface area contributed by atoms with Gasteiger partial charge in [-0.15, -0.1) is 0 Å². The van der Waals surface area contributed by atoms with Gasteiger partial charge in [-0.1, -0.05) is 29.8 Å². The van der Waals surface area contributed by atoms with Crippen molar-refractivity contribution >= 4 is 17.5 Å². The van der Waals surface area contributed by atoms with Gasteiger partial charge in [0.05, 0.1) is 18.1 Å². The zero-order valence-electron chi connectivity index (χ0n) is 8.22. The van der Waals surface area contributed by atoms with Crippen molar-refractivity contribution in [3.05, 3.63) is 47.4 Å². The number of rotatable bonds is 2. The normalized spacial score (nSPS) is 10.1. The van der Waals surface area contributed by atoms with Crippen LogP contribution < -0.4 is 5.73 Å². The van der Waals surface area contributed by atoms with E-state index in [2.05, 4.69) is 9.97 Å². The van der Waals surface area contributed by atoms with E-state index in [0.717, 1.165) is 0 Å². The second kappa shape index (κ2) is 4.28. The van der Waals surface area contributed by atoms with Crippen LogP contribution in [0.1, 0.15) is 10.4 Å². The first-order chi connectivity index (χ1) is 7.68. The average Bonchev–Trinajstić information content (AvgIpc) is 2.30. The zero-order valence-corrected chi connectivity index (χ0v) is 8.98. The molecule has 80 valence electrons. The highest BCUT2D eigenvalue weighted by Crippen LogP contribution is 2.21. The molecule has 0 saturated carbocycles. The predicted molar refractivity (Wildman–Crippen MR) is 61.0 cm³/mol. The van der Waals surface area contributed by atoms with Crippen molar-refractivity contribution in [2.24, 2.45) is 5.73 Å². The Morgan fingerprint density at radius 2 is 1.94 bits per heavy atom. The van der Waals surface area contributed by atoms with Crippen LogP contribution in [0.4, 0.5) is 0 Å². The number of nitrogens with zero attached hydrogens (tertiary/aromatic N) is 2. The van der Waals surface area contributed by atoms with Gasteiger partial charge in [-0.3, -0.25) is 9.78 Å². The van der Waals surface area contributed by atoms with Crippen molar-refractivity contribution < 1.29 is 4.79 Å². The Labute approximate surface area is 97.1 Å². The molecule has 16 heavy (non-hydrogen) atoms. The summed E-state index contributed by atoms with van der Waals surface area (Å²) in [5.41, 5.74) is 6.90. The number of hydrogen-bond donors (Lipinski definition) is 1. The monoisotopic (exact) mass is 233 g/mol. The summed E-state index contributed by atoms with van der Waals surface area (Å²) in [6, 6.07) is 6.96.